The van der Waals surface area contributed by atoms with Crippen molar-refractivity contribution in [2.24, 2.45) is 0 Å². The van der Waals surface area contributed by atoms with Crippen LogP contribution in [0.5, 0.6) is 0 Å². The fourth-order valence-corrected chi connectivity index (χ4v) is 3.54. The summed E-state index contributed by atoms with van der Waals surface area (Å²) in [6.07, 6.45) is -4.71. The third-order valence-corrected chi connectivity index (χ3v) is 5.17. The summed E-state index contributed by atoms with van der Waals surface area (Å²) in [6.45, 7) is 2.26. The molecule has 2 aromatic rings. The largest absolute Gasteiger partial charge is 0.479 e. The van der Waals surface area contributed by atoms with Gasteiger partial charge in [0, 0.05) is 37.5 Å². The van der Waals surface area contributed by atoms with E-state index in [2.05, 4.69) is 15.0 Å². The monoisotopic (exact) mass is 454 g/mol. The van der Waals surface area contributed by atoms with E-state index in [4.69, 9.17) is 15.2 Å². The van der Waals surface area contributed by atoms with Gasteiger partial charge in [-0.05, 0) is 6.07 Å². The number of morpholine rings is 2. The summed E-state index contributed by atoms with van der Waals surface area (Å²) in [4.78, 5) is 27.6. The van der Waals surface area contributed by atoms with Gasteiger partial charge in [0.25, 0.3) is 0 Å². The molecule has 0 saturated carbocycles. The fraction of sp³-hybridized carbons (Fsp3) is 0.474. The lowest BCUT2D eigenvalue weighted by atomic mass is 10.1. The first-order valence-electron chi connectivity index (χ1n) is 9.86. The van der Waals surface area contributed by atoms with E-state index in [1.54, 1.807) is 4.90 Å². The van der Waals surface area contributed by atoms with Crippen molar-refractivity contribution in [2.45, 2.75) is 12.3 Å². The zero-order valence-corrected chi connectivity index (χ0v) is 16.9. The van der Waals surface area contributed by atoms with Gasteiger partial charge in [-0.25, -0.2) is 14.8 Å². The molecule has 0 amide bonds. The summed E-state index contributed by atoms with van der Waals surface area (Å²) in [5, 5.41) is 9.29. The Balaban J connectivity index is 1.81. The molecule has 1 atom stereocenters. The summed E-state index contributed by atoms with van der Waals surface area (Å²) in [5.74, 6) is -0.860. The highest BCUT2D eigenvalue weighted by molar-refractivity contribution is 5.74. The molecule has 2 aliphatic heterocycles. The van der Waals surface area contributed by atoms with Gasteiger partial charge in [-0.1, -0.05) is 0 Å². The molecule has 1 unspecified atom stereocenters. The fourth-order valence-electron chi connectivity index (χ4n) is 3.54. The summed E-state index contributed by atoms with van der Waals surface area (Å²) < 4.78 is 51.7. The van der Waals surface area contributed by atoms with Crippen LogP contribution in [0.4, 0.5) is 30.8 Å². The molecule has 0 bridgehead atoms. The van der Waals surface area contributed by atoms with E-state index in [1.807, 2.05) is 4.90 Å². The average molecular weight is 454 g/mol. The van der Waals surface area contributed by atoms with Crippen LogP contribution < -0.4 is 15.5 Å². The molecule has 4 heterocycles. The van der Waals surface area contributed by atoms with E-state index in [0.717, 1.165) is 12.3 Å². The minimum absolute atomic E-state index is 0.000450. The number of anilines is 3. The van der Waals surface area contributed by atoms with Crippen LogP contribution in [-0.2, 0) is 20.4 Å². The highest BCUT2D eigenvalue weighted by Crippen LogP contribution is 2.38. The quantitative estimate of drug-likeness (QED) is 0.697. The molecule has 32 heavy (non-hydrogen) atoms. The van der Waals surface area contributed by atoms with Gasteiger partial charge in [-0.15, -0.1) is 0 Å². The number of hydrogen-bond donors (Lipinski definition) is 2. The third kappa shape index (κ3) is 4.67. The number of nitrogen functional groups attached to an aromatic ring is 1. The van der Waals surface area contributed by atoms with Crippen LogP contribution in [0.3, 0.4) is 0 Å². The number of carboxylic acids is 1. The van der Waals surface area contributed by atoms with Gasteiger partial charge < -0.3 is 30.1 Å². The van der Waals surface area contributed by atoms with Crippen molar-refractivity contribution < 1.29 is 32.5 Å². The van der Waals surface area contributed by atoms with Crippen LogP contribution in [0.2, 0.25) is 0 Å². The van der Waals surface area contributed by atoms with E-state index in [0.29, 0.717) is 38.7 Å². The van der Waals surface area contributed by atoms with E-state index in [-0.39, 0.29) is 36.2 Å². The first kappa shape index (κ1) is 22.0. The number of carboxylic acid groups (broad SMARTS) is 1. The molecule has 4 rings (SSSR count). The van der Waals surface area contributed by atoms with E-state index in [9.17, 15) is 23.1 Å². The van der Waals surface area contributed by atoms with Crippen molar-refractivity contribution >= 4 is 23.6 Å². The Morgan fingerprint density at radius 1 is 1.12 bits per heavy atom. The Kier molecular flexibility index (Phi) is 6.02. The predicted octanol–water partition coefficient (Wildman–Crippen LogP) is 1.27. The second-order valence-electron chi connectivity index (χ2n) is 7.31. The summed E-state index contributed by atoms with van der Waals surface area (Å²) >= 11 is 0. The van der Waals surface area contributed by atoms with Gasteiger partial charge in [0.1, 0.15) is 11.6 Å². The predicted molar refractivity (Wildman–Crippen MR) is 107 cm³/mol. The van der Waals surface area contributed by atoms with Gasteiger partial charge >= 0.3 is 12.1 Å². The van der Waals surface area contributed by atoms with Crippen LogP contribution in [0.1, 0.15) is 5.56 Å². The lowest BCUT2D eigenvalue weighted by Crippen LogP contribution is -2.46. The molecule has 0 aromatic carbocycles. The van der Waals surface area contributed by atoms with Gasteiger partial charge in [0.15, 0.2) is 6.10 Å². The van der Waals surface area contributed by atoms with Crippen LogP contribution in [0.15, 0.2) is 18.3 Å². The number of rotatable bonds is 4. The van der Waals surface area contributed by atoms with Gasteiger partial charge in [0.2, 0.25) is 5.95 Å². The molecule has 2 fully saturated rings. The van der Waals surface area contributed by atoms with E-state index >= 15 is 0 Å². The van der Waals surface area contributed by atoms with Crippen molar-refractivity contribution in [3.63, 3.8) is 0 Å². The minimum Gasteiger partial charge on any atom is -0.479 e. The number of hydrogen-bond acceptors (Lipinski definition) is 9. The molecule has 10 nitrogen and oxygen atoms in total. The van der Waals surface area contributed by atoms with Crippen LogP contribution in [0, 0.1) is 0 Å². The number of nitrogens with two attached hydrogens (primary N) is 1. The van der Waals surface area contributed by atoms with Gasteiger partial charge in [0.05, 0.1) is 37.6 Å². The second-order valence-corrected chi connectivity index (χ2v) is 7.31. The molecule has 2 saturated heterocycles. The van der Waals surface area contributed by atoms with Crippen LogP contribution >= 0.6 is 0 Å². The Morgan fingerprint density at radius 3 is 2.53 bits per heavy atom. The van der Waals surface area contributed by atoms with Crippen molar-refractivity contribution in [2.75, 3.05) is 61.5 Å². The molecule has 3 N–H and O–H groups in total. The van der Waals surface area contributed by atoms with E-state index < -0.39 is 23.8 Å². The summed E-state index contributed by atoms with van der Waals surface area (Å²) in [6, 6.07) is 2.16. The SMILES string of the molecule is Nc1cc(C(F)(F)F)c(-c2cc(N3CCOC(C(=O)O)C3)nc(N3CCOCC3)n2)cn1. The number of nitrogens with zero attached hydrogens (tertiary/aromatic N) is 5. The van der Waals surface area contributed by atoms with Crippen LogP contribution in [-0.4, -0.2) is 78.1 Å². The Hall–Kier alpha value is -3.19. The van der Waals surface area contributed by atoms with Gasteiger partial charge in [-0.2, -0.15) is 18.2 Å². The Bertz CT molecular complexity index is 1000. The molecular weight excluding hydrogens is 433 g/mol. The zero-order valence-electron chi connectivity index (χ0n) is 16.9. The topological polar surface area (TPSA) is 127 Å². The molecule has 0 radical (unpaired) electrons. The Morgan fingerprint density at radius 2 is 1.84 bits per heavy atom. The molecule has 2 aliphatic rings. The van der Waals surface area contributed by atoms with Crippen molar-refractivity contribution in [1.29, 1.82) is 0 Å². The van der Waals surface area contributed by atoms with Gasteiger partial charge in [-0.3, -0.25) is 0 Å². The molecule has 0 spiro atoms. The number of aliphatic carboxylic acids is 1. The summed E-state index contributed by atoms with van der Waals surface area (Å²) in [5.41, 5.74) is 4.30. The minimum atomic E-state index is -4.68. The van der Waals surface area contributed by atoms with Crippen molar-refractivity contribution in [1.82, 2.24) is 15.0 Å². The Labute approximate surface area is 180 Å². The highest BCUT2D eigenvalue weighted by atomic mass is 19.4. The second kappa shape index (κ2) is 8.74. The maximum Gasteiger partial charge on any atom is 0.417 e. The van der Waals surface area contributed by atoms with E-state index in [1.165, 1.54) is 6.07 Å². The highest BCUT2D eigenvalue weighted by Gasteiger charge is 2.35. The first-order chi connectivity index (χ1) is 15.2. The lowest BCUT2D eigenvalue weighted by molar-refractivity contribution is -0.150. The standard InChI is InChI=1S/C19H21F3N6O4/c20-19(21,22)12-7-15(23)24-9-11(12)13-8-16(28-3-6-32-14(10-28)17(29)30)26-18(25-13)27-1-4-31-5-2-27/h7-9,14H,1-6,10H2,(H2,23,24)(H,29,30). The third-order valence-electron chi connectivity index (χ3n) is 5.17. The number of ether oxygens (including phenoxy) is 2. The number of halogens is 3. The zero-order chi connectivity index (χ0) is 22.9. The van der Waals surface area contributed by atoms with Crippen molar-refractivity contribution in [3.05, 3.63) is 23.9 Å². The normalized spacial score (nSPS) is 19.8. The number of carbonyl (C=O) groups is 1. The molecule has 0 aliphatic carbocycles. The number of aromatic nitrogens is 3. The molecule has 2 aromatic heterocycles. The maximum absolute atomic E-state index is 13.7. The maximum atomic E-state index is 13.7. The number of alkyl halides is 3. The van der Waals surface area contributed by atoms with Crippen LogP contribution in [0.25, 0.3) is 11.3 Å². The number of pyridine rings is 1. The average Bonchev–Trinajstić information content (AvgIpc) is 2.79. The smallest absolute Gasteiger partial charge is 0.417 e. The first-order valence-corrected chi connectivity index (χ1v) is 9.86. The lowest BCUT2D eigenvalue weighted by Gasteiger charge is -2.33. The molecule has 172 valence electrons. The molecular formula is C19H21F3N6O4. The van der Waals surface area contributed by atoms with Crippen molar-refractivity contribution in [3.8, 4) is 11.3 Å². The summed E-state index contributed by atoms with van der Waals surface area (Å²) in [7, 11) is 0. The molecule has 13 heteroatoms.